The normalized spacial score (nSPS) is 15.2. The number of guanidine groups is 1. The summed E-state index contributed by atoms with van der Waals surface area (Å²) >= 11 is 0. The van der Waals surface area contributed by atoms with E-state index >= 15 is 0 Å². The number of nitrogens with one attached hydrogen (secondary N) is 2. The van der Waals surface area contributed by atoms with Crippen LogP contribution in [0, 0.1) is 6.92 Å². The molecule has 2 N–H and O–H groups in total. The molecule has 0 saturated carbocycles. The van der Waals surface area contributed by atoms with Crippen molar-refractivity contribution in [3.05, 3.63) is 65.2 Å². The van der Waals surface area contributed by atoms with Gasteiger partial charge in [0, 0.05) is 30.9 Å². The molecule has 1 aliphatic rings. The van der Waals surface area contributed by atoms with Crippen LogP contribution in [0.25, 0.3) is 0 Å². The zero-order valence-corrected chi connectivity index (χ0v) is 17.3. The number of anilines is 1. The molecule has 154 valence electrons. The highest BCUT2D eigenvalue weighted by Crippen LogP contribution is 2.10. The minimum Gasteiger partial charge on any atom is -0.379 e. The third kappa shape index (κ3) is 6.69. The quantitative estimate of drug-likeness (QED) is 0.584. The van der Waals surface area contributed by atoms with E-state index in [1.807, 2.05) is 55.5 Å². The molecule has 1 aliphatic heterocycles. The minimum absolute atomic E-state index is 0.169. The summed E-state index contributed by atoms with van der Waals surface area (Å²) in [5.74, 6) is 0.298. The van der Waals surface area contributed by atoms with E-state index in [2.05, 4.69) is 27.4 Å². The van der Waals surface area contributed by atoms with Crippen LogP contribution in [0.4, 0.5) is 5.69 Å². The number of amides is 1. The minimum atomic E-state index is -0.169. The van der Waals surface area contributed by atoms with Crippen molar-refractivity contribution in [3.8, 4) is 0 Å². The van der Waals surface area contributed by atoms with Crippen LogP contribution >= 0.6 is 0 Å². The molecule has 0 unspecified atom stereocenters. The van der Waals surface area contributed by atoms with Crippen LogP contribution in [0.3, 0.4) is 0 Å². The van der Waals surface area contributed by atoms with Gasteiger partial charge in [-0.25, -0.2) is 0 Å². The van der Waals surface area contributed by atoms with Gasteiger partial charge >= 0.3 is 0 Å². The molecule has 0 aliphatic carbocycles. The van der Waals surface area contributed by atoms with E-state index in [0.717, 1.165) is 50.5 Å². The Kier molecular flexibility index (Phi) is 7.78. The first-order chi connectivity index (χ1) is 14.1. The van der Waals surface area contributed by atoms with Gasteiger partial charge in [0.1, 0.15) is 0 Å². The van der Waals surface area contributed by atoms with Crippen LogP contribution < -0.4 is 10.6 Å². The summed E-state index contributed by atoms with van der Waals surface area (Å²) in [7, 11) is 0. The van der Waals surface area contributed by atoms with Crippen molar-refractivity contribution in [2.75, 3.05) is 44.7 Å². The molecule has 1 fully saturated rings. The molecule has 0 aromatic heterocycles. The van der Waals surface area contributed by atoms with E-state index in [4.69, 9.17) is 4.74 Å². The summed E-state index contributed by atoms with van der Waals surface area (Å²) in [4.78, 5) is 19.7. The standard InChI is InChI=1S/C23H30N4O2/c1-3-19-7-9-20(10-8-19)22(28)26-23(25-21-6-4-5-18(2)17-21)24-11-12-27-13-15-29-16-14-27/h4-10,17H,3,11-16H2,1-2H3,(H2,24,25,26,28). The van der Waals surface area contributed by atoms with Gasteiger partial charge in [0.05, 0.1) is 19.8 Å². The van der Waals surface area contributed by atoms with E-state index in [0.29, 0.717) is 18.1 Å². The summed E-state index contributed by atoms with van der Waals surface area (Å²) in [5.41, 5.74) is 3.87. The summed E-state index contributed by atoms with van der Waals surface area (Å²) in [6, 6.07) is 15.7. The van der Waals surface area contributed by atoms with Crippen LogP contribution in [0.2, 0.25) is 0 Å². The Labute approximate surface area is 173 Å². The number of hydrogen-bond acceptors (Lipinski definition) is 4. The van der Waals surface area contributed by atoms with Gasteiger partial charge in [0.2, 0.25) is 5.96 Å². The second-order valence-corrected chi connectivity index (χ2v) is 7.18. The van der Waals surface area contributed by atoms with Crippen LogP contribution in [0.15, 0.2) is 53.5 Å². The van der Waals surface area contributed by atoms with Gasteiger partial charge in [-0.2, -0.15) is 0 Å². The summed E-state index contributed by atoms with van der Waals surface area (Å²) < 4.78 is 5.39. The molecule has 0 bridgehead atoms. The number of hydrogen-bond donors (Lipinski definition) is 2. The number of rotatable bonds is 6. The Bertz CT molecular complexity index is 827. The SMILES string of the molecule is CCc1ccc(C(=O)NC(=NCCN2CCOCC2)Nc2cccc(C)c2)cc1. The number of carbonyl (C=O) groups is 1. The first-order valence-corrected chi connectivity index (χ1v) is 10.2. The Morgan fingerprint density at radius 3 is 2.59 bits per heavy atom. The lowest BCUT2D eigenvalue weighted by Gasteiger charge is -2.25. The number of morpholine rings is 1. The molecule has 6 nitrogen and oxygen atoms in total. The Morgan fingerprint density at radius 2 is 1.90 bits per heavy atom. The van der Waals surface area contributed by atoms with Crippen molar-refractivity contribution >= 4 is 17.6 Å². The second kappa shape index (κ2) is 10.7. The average molecular weight is 395 g/mol. The monoisotopic (exact) mass is 394 g/mol. The Balaban J connectivity index is 1.68. The Morgan fingerprint density at radius 1 is 1.14 bits per heavy atom. The van der Waals surface area contributed by atoms with Crippen LogP contribution in [0.1, 0.15) is 28.4 Å². The summed E-state index contributed by atoms with van der Waals surface area (Å²) in [5, 5.41) is 6.19. The lowest BCUT2D eigenvalue weighted by Crippen LogP contribution is -2.39. The van der Waals surface area contributed by atoms with Gasteiger partial charge in [0.15, 0.2) is 0 Å². The predicted octanol–water partition coefficient (Wildman–Crippen LogP) is 3.09. The van der Waals surface area contributed by atoms with Crippen molar-refractivity contribution in [2.24, 2.45) is 4.99 Å². The highest BCUT2D eigenvalue weighted by atomic mass is 16.5. The van der Waals surface area contributed by atoms with E-state index < -0.39 is 0 Å². The smallest absolute Gasteiger partial charge is 0.257 e. The molecule has 0 radical (unpaired) electrons. The van der Waals surface area contributed by atoms with Gasteiger partial charge in [-0.15, -0.1) is 0 Å². The number of nitrogens with zero attached hydrogens (tertiary/aromatic N) is 2. The maximum Gasteiger partial charge on any atom is 0.257 e. The molecule has 2 aromatic carbocycles. The molecule has 0 atom stereocenters. The first kappa shape index (κ1) is 21.0. The zero-order chi connectivity index (χ0) is 20.5. The third-order valence-corrected chi connectivity index (χ3v) is 4.93. The van der Waals surface area contributed by atoms with Crippen molar-refractivity contribution < 1.29 is 9.53 Å². The fourth-order valence-electron chi connectivity index (χ4n) is 3.17. The van der Waals surface area contributed by atoms with Gasteiger partial charge in [0.25, 0.3) is 5.91 Å². The third-order valence-electron chi connectivity index (χ3n) is 4.93. The summed E-state index contributed by atoms with van der Waals surface area (Å²) in [6.45, 7) is 8.95. The maximum atomic E-state index is 12.7. The maximum absolute atomic E-state index is 12.7. The van der Waals surface area contributed by atoms with Gasteiger partial charge in [-0.1, -0.05) is 31.2 Å². The number of ether oxygens (including phenoxy) is 1. The Hall–Kier alpha value is -2.70. The number of carbonyl (C=O) groups excluding carboxylic acids is 1. The lowest BCUT2D eigenvalue weighted by molar-refractivity contribution is 0.0394. The van der Waals surface area contributed by atoms with Crippen LogP contribution in [-0.2, 0) is 11.2 Å². The number of benzene rings is 2. The van der Waals surface area contributed by atoms with Crippen LogP contribution in [-0.4, -0.2) is 56.2 Å². The highest BCUT2D eigenvalue weighted by molar-refractivity contribution is 6.09. The largest absolute Gasteiger partial charge is 0.379 e. The molecular formula is C23H30N4O2. The number of aliphatic imine (C=N–C) groups is 1. The molecule has 1 amide bonds. The molecule has 6 heteroatoms. The lowest BCUT2D eigenvalue weighted by atomic mass is 10.1. The van der Waals surface area contributed by atoms with Gasteiger partial charge < -0.3 is 10.1 Å². The van der Waals surface area contributed by atoms with Gasteiger partial charge in [-0.05, 0) is 48.7 Å². The average Bonchev–Trinajstić information content (AvgIpc) is 2.74. The van der Waals surface area contributed by atoms with Crippen molar-refractivity contribution in [2.45, 2.75) is 20.3 Å². The molecule has 1 saturated heterocycles. The highest BCUT2D eigenvalue weighted by Gasteiger charge is 2.12. The molecular weight excluding hydrogens is 364 g/mol. The fourth-order valence-corrected chi connectivity index (χ4v) is 3.17. The van der Waals surface area contributed by atoms with Crippen molar-refractivity contribution in [1.82, 2.24) is 10.2 Å². The first-order valence-electron chi connectivity index (χ1n) is 10.2. The molecule has 29 heavy (non-hydrogen) atoms. The fraction of sp³-hybridized carbons (Fsp3) is 0.391. The van der Waals surface area contributed by atoms with Crippen molar-refractivity contribution in [1.29, 1.82) is 0 Å². The van der Waals surface area contributed by atoms with E-state index in [1.165, 1.54) is 5.56 Å². The zero-order valence-electron chi connectivity index (χ0n) is 17.3. The topological polar surface area (TPSA) is 66.0 Å². The molecule has 1 heterocycles. The van der Waals surface area contributed by atoms with E-state index in [-0.39, 0.29) is 5.91 Å². The predicted molar refractivity (Wildman–Crippen MR) is 118 cm³/mol. The van der Waals surface area contributed by atoms with E-state index in [1.54, 1.807) is 0 Å². The molecule has 2 aromatic rings. The van der Waals surface area contributed by atoms with E-state index in [9.17, 15) is 4.79 Å². The van der Waals surface area contributed by atoms with Crippen molar-refractivity contribution in [3.63, 3.8) is 0 Å². The van der Waals surface area contributed by atoms with Crippen LogP contribution in [0.5, 0.6) is 0 Å². The van der Waals surface area contributed by atoms with Gasteiger partial charge in [-0.3, -0.25) is 20.0 Å². The second-order valence-electron chi connectivity index (χ2n) is 7.18. The number of aryl methyl sites for hydroxylation is 2. The molecule has 3 rings (SSSR count). The summed E-state index contributed by atoms with van der Waals surface area (Å²) in [6.07, 6.45) is 0.949. The molecule has 0 spiro atoms.